The minimum Gasteiger partial charge on any atom is -0.493 e. The fraction of sp³-hybridized carbons (Fsp3) is 0.381. The molecule has 2 heterocycles. The summed E-state index contributed by atoms with van der Waals surface area (Å²) < 4.78 is 23.8. The molecule has 0 radical (unpaired) electrons. The average Bonchev–Trinajstić information content (AvgIpc) is 3.19. The van der Waals surface area contributed by atoms with Crippen molar-refractivity contribution < 1.29 is 23.7 Å². The SMILES string of the molecule is O=C(COC[C@H]1C(Br)=CC=C2O[C@@H]3CC4=C(O4)[C@@H]3C21)OCc1ccccc1. The predicted molar refractivity (Wildman–Crippen MR) is 100 cm³/mol. The van der Waals surface area contributed by atoms with Crippen molar-refractivity contribution in [3.8, 4) is 0 Å². The highest BCUT2D eigenvalue weighted by Gasteiger charge is 2.59. The molecule has 4 aliphatic rings. The van der Waals surface area contributed by atoms with Gasteiger partial charge in [0.1, 0.15) is 36.6 Å². The molecule has 0 N–H and O–H groups in total. The second-order valence-corrected chi connectivity index (χ2v) is 8.11. The monoisotopic (exact) mass is 430 g/mol. The summed E-state index contributed by atoms with van der Waals surface area (Å²) in [6.45, 7) is 0.626. The third-order valence-electron chi connectivity index (χ3n) is 5.51. The maximum atomic E-state index is 12.0. The van der Waals surface area contributed by atoms with Crippen LogP contribution in [0, 0.1) is 17.8 Å². The minimum atomic E-state index is -0.359. The number of fused-ring (bicyclic) bond motifs is 4. The van der Waals surface area contributed by atoms with E-state index in [4.69, 9.17) is 18.9 Å². The molecule has 140 valence electrons. The van der Waals surface area contributed by atoms with Crippen molar-refractivity contribution in [1.82, 2.24) is 0 Å². The second kappa shape index (κ2) is 6.84. The first-order valence-corrected chi connectivity index (χ1v) is 9.92. The topological polar surface area (TPSA) is 57.3 Å². The summed E-state index contributed by atoms with van der Waals surface area (Å²) in [6, 6.07) is 9.62. The van der Waals surface area contributed by atoms with Crippen molar-refractivity contribution in [1.29, 1.82) is 0 Å². The molecule has 27 heavy (non-hydrogen) atoms. The van der Waals surface area contributed by atoms with E-state index in [0.717, 1.165) is 33.7 Å². The molecule has 5 nitrogen and oxygen atoms in total. The highest BCUT2D eigenvalue weighted by atomic mass is 79.9. The van der Waals surface area contributed by atoms with Gasteiger partial charge in [0.05, 0.1) is 12.5 Å². The van der Waals surface area contributed by atoms with Crippen LogP contribution in [0.15, 0.2) is 64.2 Å². The number of hydrogen-bond donors (Lipinski definition) is 0. The first kappa shape index (κ1) is 17.1. The number of carbonyl (C=O) groups is 1. The predicted octanol–water partition coefficient (Wildman–Crippen LogP) is 3.82. The van der Waals surface area contributed by atoms with Gasteiger partial charge < -0.3 is 18.9 Å². The van der Waals surface area contributed by atoms with Gasteiger partial charge in [0.15, 0.2) is 0 Å². The number of halogens is 1. The molecule has 1 saturated heterocycles. The van der Waals surface area contributed by atoms with E-state index in [1.807, 2.05) is 42.5 Å². The van der Waals surface area contributed by atoms with Crippen LogP contribution in [0.5, 0.6) is 0 Å². The smallest absolute Gasteiger partial charge is 0.332 e. The fourth-order valence-electron chi connectivity index (χ4n) is 4.21. The Bertz CT molecular complexity index is 857. The van der Waals surface area contributed by atoms with Gasteiger partial charge in [-0.05, 0) is 17.7 Å². The van der Waals surface area contributed by atoms with Gasteiger partial charge in [0.2, 0.25) is 0 Å². The number of ether oxygens (including phenoxy) is 4. The Balaban J connectivity index is 1.16. The molecule has 0 amide bonds. The molecule has 6 heteroatoms. The molecule has 1 aromatic rings. The molecule has 2 aliphatic carbocycles. The quantitative estimate of drug-likeness (QED) is 0.642. The molecule has 0 spiro atoms. The number of carbonyl (C=O) groups excluding carboxylic acids is 1. The van der Waals surface area contributed by atoms with Crippen LogP contribution in [0.25, 0.3) is 0 Å². The summed E-state index contributed by atoms with van der Waals surface area (Å²) in [7, 11) is 0. The number of allylic oxidation sites excluding steroid dienone is 3. The molecule has 0 saturated carbocycles. The van der Waals surface area contributed by atoms with Crippen molar-refractivity contribution in [2.45, 2.75) is 19.1 Å². The van der Waals surface area contributed by atoms with Crippen LogP contribution in [-0.2, 0) is 30.3 Å². The first-order valence-electron chi connectivity index (χ1n) is 9.13. The number of rotatable bonds is 6. The lowest BCUT2D eigenvalue weighted by Gasteiger charge is -2.28. The Morgan fingerprint density at radius 2 is 2.04 bits per heavy atom. The third kappa shape index (κ3) is 3.21. The zero-order valence-corrected chi connectivity index (χ0v) is 16.2. The number of esters is 1. The summed E-state index contributed by atoms with van der Waals surface area (Å²) in [6.07, 6.45) is 5.09. The van der Waals surface area contributed by atoms with E-state index < -0.39 is 0 Å². The Hall–Kier alpha value is -2.05. The normalized spacial score (nSPS) is 29.7. The molecule has 2 aliphatic heterocycles. The lowest BCUT2D eigenvalue weighted by molar-refractivity contribution is -0.150. The van der Waals surface area contributed by atoms with Crippen molar-refractivity contribution in [2.24, 2.45) is 17.8 Å². The summed E-state index contributed by atoms with van der Waals surface area (Å²) in [5.74, 6) is 3.41. The first-order chi connectivity index (χ1) is 13.2. The van der Waals surface area contributed by atoms with Gasteiger partial charge in [0.25, 0.3) is 0 Å². The van der Waals surface area contributed by atoms with Gasteiger partial charge in [0, 0.05) is 22.7 Å². The molecular formula is C21H19BrO5. The second-order valence-electron chi connectivity index (χ2n) is 7.19. The molecule has 1 unspecified atom stereocenters. The van der Waals surface area contributed by atoms with Gasteiger partial charge in [-0.25, -0.2) is 4.79 Å². The zero-order chi connectivity index (χ0) is 18.4. The van der Waals surface area contributed by atoms with Crippen LogP contribution in [0.1, 0.15) is 12.0 Å². The number of hydrogen-bond acceptors (Lipinski definition) is 5. The van der Waals surface area contributed by atoms with Gasteiger partial charge in [-0.1, -0.05) is 46.3 Å². The van der Waals surface area contributed by atoms with E-state index in [1.54, 1.807) is 0 Å². The van der Waals surface area contributed by atoms with Crippen molar-refractivity contribution in [3.05, 3.63) is 69.8 Å². The minimum absolute atomic E-state index is 0.0607. The van der Waals surface area contributed by atoms with Crippen LogP contribution >= 0.6 is 15.9 Å². The van der Waals surface area contributed by atoms with Crippen molar-refractivity contribution in [3.63, 3.8) is 0 Å². The van der Waals surface area contributed by atoms with Crippen LogP contribution in [-0.4, -0.2) is 25.3 Å². The van der Waals surface area contributed by atoms with E-state index in [9.17, 15) is 4.79 Å². The van der Waals surface area contributed by atoms with Gasteiger partial charge in [-0.15, -0.1) is 0 Å². The Morgan fingerprint density at radius 3 is 2.89 bits per heavy atom. The maximum Gasteiger partial charge on any atom is 0.332 e. The highest BCUT2D eigenvalue weighted by Crippen LogP contribution is 2.59. The van der Waals surface area contributed by atoms with E-state index in [2.05, 4.69) is 15.9 Å². The summed E-state index contributed by atoms with van der Waals surface area (Å²) in [5, 5.41) is 0. The average molecular weight is 431 g/mol. The van der Waals surface area contributed by atoms with Crippen LogP contribution in [0.2, 0.25) is 0 Å². The maximum absolute atomic E-state index is 12.0. The number of benzene rings is 1. The summed E-state index contributed by atoms with van der Waals surface area (Å²) >= 11 is 3.66. The van der Waals surface area contributed by atoms with Crippen molar-refractivity contribution in [2.75, 3.05) is 13.2 Å². The van der Waals surface area contributed by atoms with Gasteiger partial charge in [-0.2, -0.15) is 0 Å². The lowest BCUT2D eigenvalue weighted by Crippen LogP contribution is -2.30. The van der Waals surface area contributed by atoms with Gasteiger partial charge >= 0.3 is 5.97 Å². The zero-order valence-electron chi connectivity index (χ0n) is 14.6. The van der Waals surface area contributed by atoms with Crippen LogP contribution in [0.4, 0.5) is 0 Å². The van der Waals surface area contributed by atoms with Crippen LogP contribution < -0.4 is 0 Å². The van der Waals surface area contributed by atoms with E-state index in [0.29, 0.717) is 6.61 Å². The molecule has 5 rings (SSSR count). The molecule has 0 aromatic heterocycles. The van der Waals surface area contributed by atoms with E-state index >= 15 is 0 Å². The Morgan fingerprint density at radius 1 is 1.19 bits per heavy atom. The van der Waals surface area contributed by atoms with Crippen LogP contribution in [0.3, 0.4) is 0 Å². The van der Waals surface area contributed by atoms with E-state index in [1.165, 1.54) is 0 Å². The molecular weight excluding hydrogens is 412 g/mol. The molecule has 4 atom stereocenters. The molecule has 0 bridgehead atoms. The largest absolute Gasteiger partial charge is 0.493 e. The summed E-state index contributed by atoms with van der Waals surface area (Å²) in [4.78, 5) is 12.0. The molecule has 1 aromatic carbocycles. The Labute approximate surface area is 165 Å². The molecule has 1 fully saturated rings. The third-order valence-corrected chi connectivity index (χ3v) is 6.37. The van der Waals surface area contributed by atoms with Crippen molar-refractivity contribution >= 4 is 21.9 Å². The van der Waals surface area contributed by atoms with Gasteiger partial charge in [-0.3, -0.25) is 0 Å². The summed E-state index contributed by atoms with van der Waals surface area (Å²) in [5.41, 5.74) is 0.961. The lowest BCUT2D eigenvalue weighted by atomic mass is 9.78. The highest BCUT2D eigenvalue weighted by molar-refractivity contribution is 9.11. The standard InChI is InChI=1S/C21H19BrO5/c22-14-6-7-15-19(20-16(26-15)8-17-21(20)27-17)13(14)10-24-11-18(23)25-9-12-4-2-1-3-5-12/h1-7,13,16,19-20H,8-11H2/t13-,16+,19?,20-/m0/s1. The van der Waals surface area contributed by atoms with E-state index in [-0.39, 0.29) is 43.0 Å². The fourth-order valence-corrected chi connectivity index (χ4v) is 4.76. The Kier molecular flexibility index (Phi) is 4.32.